The Hall–Kier alpha value is -0.970. The highest BCUT2D eigenvalue weighted by atomic mass is 16.7. The van der Waals surface area contributed by atoms with Crippen LogP contribution >= 0.6 is 0 Å². The second-order valence-electron chi connectivity index (χ2n) is 8.61. The first kappa shape index (κ1) is 26.3. The van der Waals surface area contributed by atoms with Crippen LogP contribution in [0.25, 0.3) is 0 Å². The third-order valence-electron chi connectivity index (χ3n) is 5.93. The van der Waals surface area contributed by atoms with E-state index in [9.17, 15) is 45.6 Å². The Balaban J connectivity index is 2.62. The third kappa shape index (κ3) is 4.20. The van der Waals surface area contributed by atoms with Crippen molar-refractivity contribution in [3.05, 3.63) is 0 Å². The molecule has 13 heteroatoms. The van der Waals surface area contributed by atoms with Gasteiger partial charge in [0, 0.05) is 6.42 Å². The Morgan fingerprint density at radius 2 is 1.68 bits per heavy atom. The fourth-order valence-corrected chi connectivity index (χ4v) is 4.25. The maximum absolute atomic E-state index is 12.9. The van der Waals surface area contributed by atoms with Gasteiger partial charge in [-0.05, 0) is 12.3 Å². The quantitative estimate of drug-likeness (QED) is 0.166. The van der Waals surface area contributed by atoms with Gasteiger partial charge in [-0.15, -0.1) is 0 Å². The van der Waals surface area contributed by atoms with Gasteiger partial charge in [0.2, 0.25) is 17.4 Å². The highest BCUT2D eigenvalue weighted by molar-refractivity contribution is 5.82. The first-order valence-corrected chi connectivity index (χ1v) is 10.1. The number of carbonyl (C=O) groups excluding carboxylic acids is 1. The number of nitrogens with one attached hydrogen (secondary N) is 1. The van der Waals surface area contributed by atoms with Crippen LogP contribution in [0.2, 0.25) is 0 Å². The molecule has 182 valence electrons. The molecule has 11 N–H and O–H groups in total. The Kier molecular flexibility index (Phi) is 8.04. The van der Waals surface area contributed by atoms with Crippen molar-refractivity contribution in [1.82, 2.24) is 5.32 Å². The molecule has 0 aromatic rings. The van der Waals surface area contributed by atoms with Crippen molar-refractivity contribution in [3.63, 3.8) is 0 Å². The summed E-state index contributed by atoms with van der Waals surface area (Å²) in [6.07, 6.45) is -9.10. The molecule has 31 heavy (non-hydrogen) atoms. The van der Waals surface area contributed by atoms with Gasteiger partial charge < -0.3 is 61.4 Å². The van der Waals surface area contributed by atoms with Crippen molar-refractivity contribution in [1.29, 1.82) is 0 Å². The molecule has 0 saturated carbocycles. The molecule has 1 amide bonds. The van der Waals surface area contributed by atoms with Crippen molar-refractivity contribution in [2.24, 2.45) is 11.7 Å². The number of nitrogens with two attached hydrogens (primary N) is 1. The van der Waals surface area contributed by atoms with E-state index in [2.05, 4.69) is 5.32 Å². The van der Waals surface area contributed by atoms with E-state index in [0.717, 1.165) is 0 Å². The fraction of sp³-hybridized carbons (Fsp3) is 0.944. The highest BCUT2D eigenvalue weighted by Gasteiger charge is 2.78. The summed E-state index contributed by atoms with van der Waals surface area (Å²) in [4.78, 5) is 12.9. The average Bonchev–Trinajstić information content (AvgIpc) is 2.91. The number of carbonyl (C=O) groups is 1. The van der Waals surface area contributed by atoms with Gasteiger partial charge >= 0.3 is 0 Å². The lowest BCUT2D eigenvalue weighted by molar-refractivity contribution is -0.378. The van der Waals surface area contributed by atoms with E-state index in [4.69, 9.17) is 15.2 Å². The van der Waals surface area contributed by atoms with Gasteiger partial charge in [0.1, 0.15) is 31.0 Å². The predicted molar refractivity (Wildman–Crippen MR) is 102 cm³/mol. The van der Waals surface area contributed by atoms with Crippen LogP contribution in [0.1, 0.15) is 26.7 Å². The summed E-state index contributed by atoms with van der Waals surface area (Å²) in [7, 11) is 0. The molecule has 9 atom stereocenters. The van der Waals surface area contributed by atoms with Gasteiger partial charge in [0.05, 0.1) is 25.4 Å². The Morgan fingerprint density at radius 1 is 1.10 bits per heavy atom. The summed E-state index contributed by atoms with van der Waals surface area (Å²) >= 11 is 0. The summed E-state index contributed by atoms with van der Waals surface area (Å²) in [6, 6.07) is -1.16. The number of rotatable bonds is 8. The number of amides is 1. The Morgan fingerprint density at radius 3 is 2.16 bits per heavy atom. The normalized spacial score (nSPS) is 44.5. The van der Waals surface area contributed by atoms with E-state index in [0.29, 0.717) is 0 Å². The zero-order chi connectivity index (χ0) is 23.8. The van der Waals surface area contributed by atoms with E-state index in [1.165, 1.54) is 0 Å². The van der Waals surface area contributed by atoms with Crippen LogP contribution < -0.4 is 11.1 Å². The Bertz CT molecular complexity index is 640. The highest BCUT2D eigenvalue weighted by Crippen LogP contribution is 2.49. The molecule has 0 aromatic heterocycles. The lowest BCUT2D eigenvalue weighted by Gasteiger charge is -2.56. The van der Waals surface area contributed by atoms with E-state index in [1.54, 1.807) is 13.8 Å². The molecule has 13 nitrogen and oxygen atoms in total. The van der Waals surface area contributed by atoms with Crippen LogP contribution in [-0.4, -0.2) is 120 Å². The molecule has 0 bridgehead atoms. The third-order valence-corrected chi connectivity index (χ3v) is 5.93. The molecule has 2 rings (SSSR count). The summed E-state index contributed by atoms with van der Waals surface area (Å²) in [6.45, 7) is 0.522. The molecule has 0 spiro atoms. The average molecular weight is 454 g/mol. The van der Waals surface area contributed by atoms with Gasteiger partial charge in [-0.1, -0.05) is 13.8 Å². The van der Waals surface area contributed by atoms with Crippen LogP contribution in [-0.2, 0) is 14.3 Å². The van der Waals surface area contributed by atoms with Gasteiger partial charge in [-0.3, -0.25) is 4.79 Å². The number of aliphatic hydroxyl groups excluding tert-OH is 6. The standard InChI is InChI=1S/C18H34N2O11/c1-8(2)3-9(19)15(27)20-18(13(25)4-10(24)11(5-21)31-18)17(29)14(26)12(6-22)30-16(17,28)7-23/h8-14,21-26,28-29H,3-7,19H2,1-2H3,(H,20,27)/t9-,10-,11+,12+,13+,14+,16+,17-,18?/m0/s1. The lowest BCUT2D eigenvalue weighted by Crippen LogP contribution is -2.84. The minimum Gasteiger partial charge on any atom is -0.394 e. The van der Waals surface area contributed by atoms with Crippen LogP contribution in [0.4, 0.5) is 0 Å². The predicted octanol–water partition coefficient (Wildman–Crippen LogP) is -5.16. The van der Waals surface area contributed by atoms with Crippen LogP contribution in [0.3, 0.4) is 0 Å². The molecular weight excluding hydrogens is 420 g/mol. The summed E-state index contributed by atoms with van der Waals surface area (Å²) < 4.78 is 10.6. The zero-order valence-electron chi connectivity index (χ0n) is 17.5. The second kappa shape index (κ2) is 9.49. The number of hydrogen-bond donors (Lipinski definition) is 10. The molecule has 2 fully saturated rings. The molecule has 0 aliphatic carbocycles. The second-order valence-corrected chi connectivity index (χ2v) is 8.61. The van der Waals surface area contributed by atoms with Crippen molar-refractivity contribution >= 4 is 5.91 Å². The van der Waals surface area contributed by atoms with Gasteiger partial charge in [0.15, 0.2) is 5.60 Å². The largest absolute Gasteiger partial charge is 0.394 e. The molecule has 2 aliphatic rings. The maximum Gasteiger partial charge on any atom is 0.239 e. The van der Waals surface area contributed by atoms with E-state index >= 15 is 0 Å². The molecular formula is C18H34N2O11. The van der Waals surface area contributed by atoms with E-state index < -0.39 is 85.8 Å². The van der Waals surface area contributed by atoms with Crippen LogP contribution in [0, 0.1) is 5.92 Å². The molecule has 1 unspecified atom stereocenters. The minimum absolute atomic E-state index is 0.0162. The molecule has 2 heterocycles. The number of ether oxygens (including phenoxy) is 2. The molecule has 2 aliphatic heterocycles. The first-order valence-electron chi connectivity index (χ1n) is 10.1. The van der Waals surface area contributed by atoms with Gasteiger partial charge in [0.25, 0.3) is 0 Å². The van der Waals surface area contributed by atoms with Crippen LogP contribution in [0.5, 0.6) is 0 Å². The van der Waals surface area contributed by atoms with E-state index in [1.807, 2.05) is 0 Å². The smallest absolute Gasteiger partial charge is 0.239 e. The lowest BCUT2D eigenvalue weighted by atomic mass is 9.72. The minimum atomic E-state index is -3.16. The van der Waals surface area contributed by atoms with Gasteiger partial charge in [-0.25, -0.2) is 0 Å². The van der Waals surface area contributed by atoms with Gasteiger partial charge in [-0.2, -0.15) is 0 Å². The number of hydrogen-bond acceptors (Lipinski definition) is 12. The number of aliphatic hydroxyl groups is 8. The Labute approximate surface area is 179 Å². The van der Waals surface area contributed by atoms with Crippen molar-refractivity contribution < 1.29 is 55.1 Å². The SMILES string of the molecule is CC(C)C[C@H](N)C(=O)NC1([C@]2(O)[C@H](O)[C@@H](CO)O[C@]2(O)CO)O[C@H](CO)[C@@H](O)C[C@H]1O. The van der Waals surface area contributed by atoms with E-state index in [-0.39, 0.29) is 12.3 Å². The molecule has 2 saturated heterocycles. The summed E-state index contributed by atoms with van der Waals surface area (Å²) in [5, 5.41) is 85.1. The zero-order valence-corrected chi connectivity index (χ0v) is 17.5. The summed E-state index contributed by atoms with van der Waals surface area (Å²) in [5.41, 5.74) is -0.0749. The monoisotopic (exact) mass is 454 g/mol. The van der Waals surface area contributed by atoms with Crippen molar-refractivity contribution in [2.75, 3.05) is 19.8 Å². The molecule has 0 radical (unpaired) electrons. The topological polar surface area (TPSA) is 235 Å². The fourth-order valence-electron chi connectivity index (χ4n) is 4.25. The summed E-state index contributed by atoms with van der Waals surface area (Å²) in [5.74, 6) is -4.00. The van der Waals surface area contributed by atoms with Crippen LogP contribution in [0.15, 0.2) is 0 Å². The van der Waals surface area contributed by atoms with Crippen molar-refractivity contribution in [3.8, 4) is 0 Å². The molecule has 0 aromatic carbocycles. The maximum atomic E-state index is 12.9. The first-order chi connectivity index (χ1) is 14.3. The van der Waals surface area contributed by atoms with Crippen molar-refractivity contribution in [2.45, 2.75) is 80.4 Å².